The highest BCUT2D eigenvalue weighted by atomic mass is 15.1. The van der Waals surface area contributed by atoms with Crippen LogP contribution in [0.5, 0.6) is 0 Å². The van der Waals surface area contributed by atoms with Gasteiger partial charge in [-0.1, -0.05) is 142 Å². The zero-order valence-corrected chi connectivity index (χ0v) is 29.9. The van der Waals surface area contributed by atoms with Crippen LogP contribution in [0.1, 0.15) is 30.5 Å². The second-order valence-corrected chi connectivity index (χ2v) is 14.7. The maximum absolute atomic E-state index is 4.53. The Morgan fingerprint density at radius 3 is 2.04 bits per heavy atom. The van der Waals surface area contributed by atoms with Crippen LogP contribution in [-0.2, 0) is 5.41 Å². The molecule has 0 atom stereocenters. The maximum atomic E-state index is 4.53. The molecule has 0 radical (unpaired) electrons. The molecular weight excluding hydrogens is 641 g/mol. The maximum Gasteiger partial charge on any atom is 0.0541 e. The normalized spacial score (nSPS) is 15.4. The van der Waals surface area contributed by atoms with Crippen molar-refractivity contribution < 1.29 is 0 Å². The number of fused-ring (bicyclic) bond motifs is 7. The number of aromatic nitrogens is 1. The first-order valence-corrected chi connectivity index (χ1v) is 18.4. The molecule has 8 aromatic rings. The molecule has 0 saturated carbocycles. The first-order valence-electron chi connectivity index (χ1n) is 18.4. The minimum Gasteiger partial charge on any atom is -0.316 e. The van der Waals surface area contributed by atoms with E-state index in [2.05, 4.69) is 212 Å². The van der Waals surface area contributed by atoms with Gasteiger partial charge in [-0.3, -0.25) is 0 Å². The molecule has 0 bridgehead atoms. The Hall–Kier alpha value is -6.64. The van der Waals surface area contributed by atoms with E-state index >= 15 is 0 Å². The summed E-state index contributed by atoms with van der Waals surface area (Å²) in [6.07, 6.45) is 8.43. The van der Waals surface area contributed by atoms with Gasteiger partial charge in [0.15, 0.2) is 0 Å². The van der Waals surface area contributed by atoms with Gasteiger partial charge in [-0.25, -0.2) is 0 Å². The van der Waals surface area contributed by atoms with E-state index in [9.17, 15) is 0 Å². The standard InChI is InChI=1S/C51H38N2/c1-34-15-13-14-30-52(47-22-11-8-18-39(47)35-16-5-4-6-17-35)48-28-24-36(31-43(34)48)37-25-29-50-44(32-37)42-20-9-12-23-49(42)53(50)38-26-27-41-40-19-7-10-21-45(40)51(2,3)46(41)33-38/h4-33H,1H2,2-3H3/b15-13-,30-14-. The van der Waals surface area contributed by atoms with Crippen molar-refractivity contribution in [2.75, 3.05) is 4.90 Å². The summed E-state index contributed by atoms with van der Waals surface area (Å²) in [6, 6.07) is 57.7. The predicted octanol–water partition coefficient (Wildman–Crippen LogP) is 13.7. The molecule has 2 heterocycles. The van der Waals surface area contributed by atoms with Crippen molar-refractivity contribution in [1.82, 2.24) is 4.57 Å². The number of anilines is 2. The largest absolute Gasteiger partial charge is 0.316 e. The molecule has 0 amide bonds. The fourth-order valence-corrected chi connectivity index (χ4v) is 8.68. The number of allylic oxidation sites excluding steroid dienone is 4. The zero-order chi connectivity index (χ0) is 35.7. The molecule has 1 aliphatic heterocycles. The molecule has 2 aliphatic rings. The van der Waals surface area contributed by atoms with Crippen molar-refractivity contribution >= 4 is 38.8 Å². The van der Waals surface area contributed by atoms with Gasteiger partial charge >= 0.3 is 0 Å². The number of rotatable bonds is 4. The van der Waals surface area contributed by atoms with E-state index in [4.69, 9.17) is 0 Å². The lowest BCUT2D eigenvalue weighted by Crippen LogP contribution is -2.15. The molecule has 7 aromatic carbocycles. The van der Waals surface area contributed by atoms with Crippen LogP contribution in [0.25, 0.3) is 66.4 Å². The van der Waals surface area contributed by atoms with Crippen LogP contribution >= 0.6 is 0 Å². The molecule has 2 heteroatoms. The Morgan fingerprint density at radius 2 is 1.15 bits per heavy atom. The summed E-state index contributed by atoms with van der Waals surface area (Å²) in [4.78, 5) is 2.29. The fraction of sp³-hybridized carbons (Fsp3) is 0.0588. The van der Waals surface area contributed by atoms with E-state index in [0.717, 1.165) is 28.1 Å². The first-order chi connectivity index (χ1) is 26.0. The van der Waals surface area contributed by atoms with E-state index in [-0.39, 0.29) is 5.41 Å². The SMILES string of the molecule is C=C1/C=C\C=C/N(c2ccccc2-c2ccccc2)c2ccc(-c3ccc4c(c3)c3ccccc3n4-c3ccc4c(c3)C(C)(C)c3ccccc3-4)cc21. The summed E-state index contributed by atoms with van der Waals surface area (Å²) >= 11 is 0. The lowest BCUT2D eigenvalue weighted by Gasteiger charge is -2.27. The molecule has 0 spiro atoms. The van der Waals surface area contributed by atoms with Gasteiger partial charge in [-0.15, -0.1) is 0 Å². The highest BCUT2D eigenvalue weighted by Crippen LogP contribution is 2.49. The molecule has 1 aliphatic carbocycles. The minimum atomic E-state index is -0.0631. The van der Waals surface area contributed by atoms with Crippen LogP contribution < -0.4 is 4.90 Å². The molecule has 0 unspecified atom stereocenters. The van der Waals surface area contributed by atoms with Gasteiger partial charge in [0, 0.05) is 39.2 Å². The molecule has 53 heavy (non-hydrogen) atoms. The summed E-state index contributed by atoms with van der Waals surface area (Å²) in [6.45, 7) is 9.23. The number of hydrogen-bond acceptors (Lipinski definition) is 1. The third-order valence-corrected chi connectivity index (χ3v) is 11.3. The summed E-state index contributed by atoms with van der Waals surface area (Å²) in [7, 11) is 0. The second-order valence-electron chi connectivity index (χ2n) is 14.7. The Balaban J connectivity index is 1.10. The zero-order valence-electron chi connectivity index (χ0n) is 29.9. The van der Waals surface area contributed by atoms with E-state index < -0.39 is 0 Å². The third-order valence-electron chi connectivity index (χ3n) is 11.3. The van der Waals surface area contributed by atoms with Gasteiger partial charge in [-0.05, 0) is 99.1 Å². The van der Waals surface area contributed by atoms with Crippen LogP contribution in [0, 0.1) is 0 Å². The van der Waals surface area contributed by atoms with Gasteiger partial charge < -0.3 is 9.47 Å². The van der Waals surface area contributed by atoms with Gasteiger partial charge in [0.25, 0.3) is 0 Å². The summed E-state index contributed by atoms with van der Waals surface area (Å²) < 4.78 is 2.44. The Morgan fingerprint density at radius 1 is 0.472 bits per heavy atom. The van der Waals surface area contributed by atoms with Crippen LogP contribution in [0.15, 0.2) is 189 Å². The number of para-hydroxylation sites is 2. The first kappa shape index (κ1) is 31.1. The van der Waals surface area contributed by atoms with E-state index in [1.54, 1.807) is 0 Å². The summed E-state index contributed by atoms with van der Waals surface area (Å²) in [5, 5.41) is 2.49. The Bertz CT molecular complexity index is 2830. The van der Waals surface area contributed by atoms with Gasteiger partial charge in [0.05, 0.1) is 22.4 Å². The predicted molar refractivity (Wildman–Crippen MR) is 225 cm³/mol. The minimum absolute atomic E-state index is 0.0631. The molecule has 252 valence electrons. The highest BCUT2D eigenvalue weighted by molar-refractivity contribution is 6.10. The van der Waals surface area contributed by atoms with Crippen molar-refractivity contribution in [2.45, 2.75) is 19.3 Å². The topological polar surface area (TPSA) is 8.17 Å². The average molecular weight is 679 g/mol. The van der Waals surface area contributed by atoms with E-state index in [0.29, 0.717) is 0 Å². The van der Waals surface area contributed by atoms with Gasteiger partial charge in [0.2, 0.25) is 0 Å². The molecular formula is C51H38N2. The number of hydrogen-bond donors (Lipinski definition) is 0. The number of benzene rings is 7. The molecule has 0 saturated heterocycles. The van der Waals surface area contributed by atoms with Crippen molar-refractivity contribution in [1.29, 1.82) is 0 Å². The van der Waals surface area contributed by atoms with Gasteiger partial charge in [0.1, 0.15) is 0 Å². The van der Waals surface area contributed by atoms with Gasteiger partial charge in [-0.2, -0.15) is 0 Å². The average Bonchev–Trinajstić information content (AvgIpc) is 3.65. The molecule has 1 aromatic heterocycles. The van der Waals surface area contributed by atoms with Crippen LogP contribution in [0.2, 0.25) is 0 Å². The smallest absolute Gasteiger partial charge is 0.0541 e. The van der Waals surface area contributed by atoms with Crippen molar-refractivity contribution in [3.63, 3.8) is 0 Å². The van der Waals surface area contributed by atoms with Crippen LogP contribution in [0.4, 0.5) is 11.4 Å². The lowest BCUT2D eigenvalue weighted by atomic mass is 9.82. The Labute approximate surface area is 310 Å². The van der Waals surface area contributed by atoms with Crippen LogP contribution in [0.3, 0.4) is 0 Å². The number of nitrogens with zero attached hydrogens (tertiary/aromatic N) is 2. The summed E-state index contributed by atoms with van der Waals surface area (Å²) in [5.41, 5.74) is 18.0. The fourth-order valence-electron chi connectivity index (χ4n) is 8.68. The molecule has 2 nitrogen and oxygen atoms in total. The molecule has 0 fully saturated rings. The van der Waals surface area contributed by atoms with Crippen LogP contribution in [-0.4, -0.2) is 4.57 Å². The Kier molecular flexibility index (Phi) is 7.03. The van der Waals surface area contributed by atoms with Crippen molar-refractivity contribution in [2.24, 2.45) is 0 Å². The van der Waals surface area contributed by atoms with E-state index in [1.165, 1.54) is 66.4 Å². The van der Waals surface area contributed by atoms with Crippen molar-refractivity contribution in [3.8, 4) is 39.1 Å². The van der Waals surface area contributed by atoms with Crippen molar-refractivity contribution in [3.05, 3.63) is 205 Å². The molecule has 0 N–H and O–H groups in total. The second kappa shape index (κ2) is 12.0. The van der Waals surface area contributed by atoms with E-state index in [1.807, 2.05) is 0 Å². The lowest BCUT2D eigenvalue weighted by molar-refractivity contribution is 0.660. The quantitative estimate of drug-likeness (QED) is 0.180. The monoisotopic (exact) mass is 678 g/mol. The summed E-state index contributed by atoms with van der Waals surface area (Å²) in [5.74, 6) is 0. The third kappa shape index (κ3) is 4.87. The highest BCUT2D eigenvalue weighted by Gasteiger charge is 2.35. The molecule has 10 rings (SSSR count).